The SMILES string of the molecule is CCC1=CCSC(CC)=C1CC. The quantitative estimate of drug-likeness (QED) is 0.632. The van der Waals surface area contributed by atoms with Gasteiger partial charge in [-0.25, -0.2) is 0 Å². The van der Waals surface area contributed by atoms with Gasteiger partial charge in [0.15, 0.2) is 0 Å². The Balaban J connectivity index is 2.89. The van der Waals surface area contributed by atoms with Gasteiger partial charge in [0.25, 0.3) is 0 Å². The number of rotatable bonds is 3. The Hall–Kier alpha value is -0.170. The number of thioether (sulfide) groups is 1. The third kappa shape index (κ3) is 1.95. The molecular formula is C11H18S. The first-order valence-electron chi connectivity index (χ1n) is 4.87. The molecule has 1 heterocycles. The Morgan fingerprint density at radius 3 is 2.42 bits per heavy atom. The molecule has 0 bridgehead atoms. The highest BCUT2D eigenvalue weighted by atomic mass is 32.2. The van der Waals surface area contributed by atoms with Crippen LogP contribution in [0, 0.1) is 0 Å². The van der Waals surface area contributed by atoms with Gasteiger partial charge in [0.05, 0.1) is 0 Å². The van der Waals surface area contributed by atoms with Crippen LogP contribution in [-0.4, -0.2) is 5.75 Å². The molecule has 0 aromatic carbocycles. The Morgan fingerprint density at radius 1 is 1.17 bits per heavy atom. The molecule has 0 saturated heterocycles. The summed E-state index contributed by atoms with van der Waals surface area (Å²) in [5, 5.41) is 0. The standard InChI is InChI=1S/C11H18S/c1-4-9-7-8-12-11(6-3)10(9)5-2/h7H,4-6,8H2,1-3H3. The van der Waals surface area contributed by atoms with E-state index in [1.54, 1.807) is 16.1 Å². The summed E-state index contributed by atoms with van der Waals surface area (Å²) in [7, 11) is 0. The van der Waals surface area contributed by atoms with Crippen LogP contribution in [0.2, 0.25) is 0 Å². The van der Waals surface area contributed by atoms with Crippen molar-refractivity contribution < 1.29 is 0 Å². The molecule has 0 nitrogen and oxygen atoms in total. The summed E-state index contributed by atoms with van der Waals surface area (Å²) >= 11 is 2.02. The topological polar surface area (TPSA) is 0 Å². The summed E-state index contributed by atoms with van der Waals surface area (Å²) in [6.07, 6.45) is 6.01. The zero-order valence-electron chi connectivity index (χ0n) is 8.31. The van der Waals surface area contributed by atoms with Crippen LogP contribution in [0.15, 0.2) is 22.1 Å². The number of hydrogen-bond acceptors (Lipinski definition) is 1. The highest BCUT2D eigenvalue weighted by Crippen LogP contribution is 2.34. The molecule has 1 aliphatic rings. The van der Waals surface area contributed by atoms with Crippen molar-refractivity contribution in [2.24, 2.45) is 0 Å². The first-order valence-corrected chi connectivity index (χ1v) is 5.86. The van der Waals surface area contributed by atoms with E-state index in [0.29, 0.717) is 0 Å². The molecule has 0 spiro atoms. The lowest BCUT2D eigenvalue weighted by Crippen LogP contribution is -1.98. The van der Waals surface area contributed by atoms with Gasteiger partial charge in [-0.3, -0.25) is 0 Å². The summed E-state index contributed by atoms with van der Waals surface area (Å²) in [6, 6.07) is 0. The third-order valence-electron chi connectivity index (χ3n) is 2.37. The molecule has 0 N–H and O–H groups in total. The van der Waals surface area contributed by atoms with E-state index in [-0.39, 0.29) is 0 Å². The van der Waals surface area contributed by atoms with Crippen LogP contribution in [-0.2, 0) is 0 Å². The Morgan fingerprint density at radius 2 is 1.92 bits per heavy atom. The van der Waals surface area contributed by atoms with Crippen LogP contribution >= 0.6 is 11.8 Å². The van der Waals surface area contributed by atoms with E-state index in [0.717, 1.165) is 0 Å². The molecule has 0 amide bonds. The summed E-state index contributed by atoms with van der Waals surface area (Å²) < 4.78 is 0. The normalized spacial score (nSPS) is 18.1. The van der Waals surface area contributed by atoms with Crippen molar-refractivity contribution in [3.63, 3.8) is 0 Å². The molecule has 0 aromatic heterocycles. The van der Waals surface area contributed by atoms with Crippen LogP contribution in [0.5, 0.6) is 0 Å². The van der Waals surface area contributed by atoms with E-state index in [4.69, 9.17) is 0 Å². The smallest absolute Gasteiger partial charge is 0.0163 e. The molecule has 0 unspecified atom stereocenters. The fourth-order valence-corrected chi connectivity index (χ4v) is 2.87. The first kappa shape index (κ1) is 9.91. The Labute approximate surface area is 80.1 Å². The molecule has 0 aliphatic carbocycles. The minimum absolute atomic E-state index is 1.19. The Kier molecular flexibility index (Phi) is 3.93. The molecule has 1 heteroatoms. The van der Waals surface area contributed by atoms with Crippen LogP contribution in [0.25, 0.3) is 0 Å². The maximum atomic E-state index is 2.39. The predicted octanol–water partition coefficient (Wildman–Crippen LogP) is 4.14. The molecule has 0 atom stereocenters. The number of allylic oxidation sites excluding steroid dienone is 3. The van der Waals surface area contributed by atoms with Gasteiger partial charge in [0.1, 0.15) is 0 Å². The van der Waals surface area contributed by atoms with E-state index < -0.39 is 0 Å². The molecule has 0 radical (unpaired) electrons. The molecule has 68 valence electrons. The molecule has 0 aromatic rings. The average Bonchev–Trinajstić information content (AvgIpc) is 2.16. The van der Waals surface area contributed by atoms with Gasteiger partial charge in [-0.15, -0.1) is 11.8 Å². The van der Waals surface area contributed by atoms with Crippen molar-refractivity contribution in [3.8, 4) is 0 Å². The minimum atomic E-state index is 1.19. The van der Waals surface area contributed by atoms with Crippen LogP contribution in [0.1, 0.15) is 40.0 Å². The maximum Gasteiger partial charge on any atom is 0.0163 e. The van der Waals surface area contributed by atoms with Gasteiger partial charge < -0.3 is 0 Å². The highest BCUT2D eigenvalue weighted by Gasteiger charge is 2.11. The van der Waals surface area contributed by atoms with Gasteiger partial charge in [0.2, 0.25) is 0 Å². The second-order valence-electron chi connectivity index (χ2n) is 3.00. The van der Waals surface area contributed by atoms with Crippen molar-refractivity contribution in [1.82, 2.24) is 0 Å². The van der Waals surface area contributed by atoms with Crippen molar-refractivity contribution in [2.45, 2.75) is 40.0 Å². The first-order chi connectivity index (χ1) is 5.83. The van der Waals surface area contributed by atoms with Gasteiger partial charge in [-0.1, -0.05) is 26.8 Å². The van der Waals surface area contributed by atoms with Crippen molar-refractivity contribution in [1.29, 1.82) is 0 Å². The second kappa shape index (κ2) is 4.76. The van der Waals surface area contributed by atoms with Gasteiger partial charge in [-0.2, -0.15) is 0 Å². The van der Waals surface area contributed by atoms with E-state index in [2.05, 4.69) is 26.8 Å². The fourth-order valence-electron chi connectivity index (χ4n) is 1.73. The van der Waals surface area contributed by atoms with E-state index >= 15 is 0 Å². The lowest BCUT2D eigenvalue weighted by molar-refractivity contribution is 0.986. The number of hydrogen-bond donors (Lipinski definition) is 0. The van der Waals surface area contributed by atoms with Crippen LogP contribution < -0.4 is 0 Å². The summed E-state index contributed by atoms with van der Waals surface area (Å²) in [5.41, 5.74) is 3.21. The van der Waals surface area contributed by atoms with E-state index in [1.165, 1.54) is 25.0 Å². The predicted molar refractivity (Wildman–Crippen MR) is 58.4 cm³/mol. The van der Waals surface area contributed by atoms with Crippen LogP contribution in [0.4, 0.5) is 0 Å². The van der Waals surface area contributed by atoms with Gasteiger partial charge in [0, 0.05) is 5.75 Å². The molecular weight excluding hydrogens is 164 g/mol. The largest absolute Gasteiger partial charge is 0.126 e. The molecule has 1 aliphatic heterocycles. The zero-order valence-corrected chi connectivity index (χ0v) is 9.13. The molecule has 0 saturated carbocycles. The van der Waals surface area contributed by atoms with Crippen LogP contribution in [0.3, 0.4) is 0 Å². The second-order valence-corrected chi connectivity index (χ2v) is 4.12. The molecule has 12 heavy (non-hydrogen) atoms. The lowest BCUT2D eigenvalue weighted by Gasteiger charge is -2.19. The maximum absolute atomic E-state index is 2.39. The van der Waals surface area contributed by atoms with Gasteiger partial charge in [-0.05, 0) is 35.3 Å². The molecule has 1 rings (SSSR count). The zero-order chi connectivity index (χ0) is 8.97. The fraction of sp³-hybridized carbons (Fsp3) is 0.636. The van der Waals surface area contributed by atoms with Gasteiger partial charge >= 0.3 is 0 Å². The summed E-state index contributed by atoms with van der Waals surface area (Å²) in [6.45, 7) is 6.78. The monoisotopic (exact) mass is 182 g/mol. The lowest BCUT2D eigenvalue weighted by atomic mass is 9.99. The van der Waals surface area contributed by atoms with Crippen molar-refractivity contribution in [2.75, 3.05) is 5.75 Å². The summed E-state index contributed by atoms with van der Waals surface area (Å²) in [5.74, 6) is 1.19. The summed E-state index contributed by atoms with van der Waals surface area (Å²) in [4.78, 5) is 1.62. The van der Waals surface area contributed by atoms with E-state index in [1.807, 2.05) is 11.8 Å². The van der Waals surface area contributed by atoms with E-state index in [9.17, 15) is 0 Å². The third-order valence-corrected chi connectivity index (χ3v) is 3.58. The van der Waals surface area contributed by atoms with Crippen molar-refractivity contribution in [3.05, 3.63) is 22.1 Å². The highest BCUT2D eigenvalue weighted by molar-refractivity contribution is 8.03. The average molecular weight is 182 g/mol. The van der Waals surface area contributed by atoms with Crippen molar-refractivity contribution >= 4 is 11.8 Å². The molecule has 0 fully saturated rings. The Bertz CT molecular complexity index is 211. The minimum Gasteiger partial charge on any atom is -0.126 e.